The molecule has 1 N–H and O–H groups in total. The zero-order valence-electron chi connectivity index (χ0n) is 10.2. The number of hydrogen-bond acceptors (Lipinski definition) is 4. The molecule has 85 valence electrons. The van der Waals surface area contributed by atoms with Gasteiger partial charge in [0.05, 0.1) is 17.0 Å². The minimum atomic E-state index is -0.705. The third kappa shape index (κ3) is 1.89. The maximum atomic E-state index is 12.0. The van der Waals surface area contributed by atoms with Gasteiger partial charge in [0.15, 0.2) is 0 Å². The van der Waals surface area contributed by atoms with Crippen molar-refractivity contribution in [2.75, 3.05) is 7.05 Å². The predicted molar refractivity (Wildman–Crippen MR) is 60.3 cm³/mol. The number of nitrogens with zero attached hydrogens (tertiary/aromatic N) is 3. The van der Waals surface area contributed by atoms with Gasteiger partial charge >= 0.3 is 0 Å². The van der Waals surface area contributed by atoms with Crippen LogP contribution >= 0.6 is 0 Å². The van der Waals surface area contributed by atoms with Gasteiger partial charge in [0.25, 0.3) is 0 Å². The third-order valence-electron chi connectivity index (χ3n) is 2.59. The summed E-state index contributed by atoms with van der Waals surface area (Å²) in [5.74, 6) is 0. The largest absolute Gasteiger partial charge is 0.313 e. The molecule has 0 spiro atoms. The highest BCUT2D eigenvalue weighted by atomic mass is 16.5. The summed E-state index contributed by atoms with van der Waals surface area (Å²) in [5, 5.41) is 17.1. The Labute approximate surface area is 90.8 Å². The van der Waals surface area contributed by atoms with Gasteiger partial charge in [-0.3, -0.25) is 4.99 Å². The molecule has 0 saturated heterocycles. The standard InChI is InChI=1S/C10H19N4O/c1-7(13-11-6)8-9(2,3)14(15)10(4,5)12-8/h11H,1-6H3/b13-7+. The Balaban J connectivity index is 3.14. The van der Waals surface area contributed by atoms with Gasteiger partial charge in [-0.25, -0.2) is 0 Å². The van der Waals surface area contributed by atoms with Gasteiger partial charge in [-0.15, -0.1) is 10.3 Å². The first-order valence-corrected chi connectivity index (χ1v) is 5.02. The SMILES string of the molecule is CN/N=C(\C)C1=NC(C)(C)N([O])C1(C)C. The summed E-state index contributed by atoms with van der Waals surface area (Å²) in [5.41, 5.74) is 2.89. The highest BCUT2D eigenvalue weighted by Gasteiger charge is 2.49. The van der Waals surface area contributed by atoms with Crippen LogP contribution in [0.5, 0.6) is 0 Å². The summed E-state index contributed by atoms with van der Waals surface area (Å²) >= 11 is 0. The predicted octanol–water partition coefficient (Wildman–Crippen LogP) is 1.20. The first-order valence-electron chi connectivity index (χ1n) is 5.02. The molecular weight excluding hydrogens is 192 g/mol. The zero-order chi connectivity index (χ0) is 11.9. The Morgan fingerprint density at radius 1 is 1.40 bits per heavy atom. The van der Waals surface area contributed by atoms with Crippen molar-refractivity contribution < 1.29 is 5.21 Å². The van der Waals surface area contributed by atoms with Crippen LogP contribution in [0.15, 0.2) is 10.1 Å². The van der Waals surface area contributed by atoms with Crippen molar-refractivity contribution in [3.05, 3.63) is 0 Å². The van der Waals surface area contributed by atoms with Crippen molar-refractivity contribution in [2.24, 2.45) is 10.1 Å². The Bertz CT molecular complexity index is 317. The summed E-state index contributed by atoms with van der Waals surface area (Å²) in [6.45, 7) is 9.19. The molecule has 1 heterocycles. The second-order valence-electron chi connectivity index (χ2n) is 4.73. The molecule has 5 heteroatoms. The van der Waals surface area contributed by atoms with E-state index in [2.05, 4.69) is 15.5 Å². The first kappa shape index (κ1) is 12.1. The number of aliphatic imine (C=N–C) groups is 1. The summed E-state index contributed by atoms with van der Waals surface area (Å²) < 4.78 is 0. The molecule has 0 bridgehead atoms. The molecule has 0 aromatic carbocycles. The van der Waals surface area contributed by atoms with Gasteiger partial charge < -0.3 is 5.43 Å². The quantitative estimate of drug-likeness (QED) is 0.551. The first-order chi connectivity index (χ1) is 6.73. The van der Waals surface area contributed by atoms with Crippen molar-refractivity contribution in [1.29, 1.82) is 0 Å². The molecule has 1 rings (SSSR count). The molecule has 0 fully saturated rings. The van der Waals surface area contributed by atoms with Gasteiger partial charge in [-0.1, -0.05) is 0 Å². The maximum absolute atomic E-state index is 12.0. The van der Waals surface area contributed by atoms with E-state index in [9.17, 15) is 5.21 Å². The lowest BCUT2D eigenvalue weighted by Gasteiger charge is -2.31. The van der Waals surface area contributed by atoms with E-state index in [1.54, 1.807) is 20.9 Å². The van der Waals surface area contributed by atoms with E-state index in [0.717, 1.165) is 16.5 Å². The number of hydroxylamine groups is 2. The minimum absolute atomic E-state index is 0.617. The molecule has 15 heavy (non-hydrogen) atoms. The van der Waals surface area contributed by atoms with Gasteiger partial charge in [-0.05, 0) is 34.6 Å². The lowest BCUT2D eigenvalue weighted by atomic mass is 9.95. The average molecular weight is 211 g/mol. The number of hydrogen-bond donors (Lipinski definition) is 1. The van der Waals surface area contributed by atoms with E-state index >= 15 is 0 Å². The van der Waals surface area contributed by atoms with Crippen LogP contribution < -0.4 is 5.43 Å². The molecule has 0 amide bonds. The van der Waals surface area contributed by atoms with Crippen molar-refractivity contribution in [3.8, 4) is 0 Å². The fourth-order valence-electron chi connectivity index (χ4n) is 1.98. The number of hydrazone groups is 1. The van der Waals surface area contributed by atoms with E-state index in [1.165, 1.54) is 0 Å². The van der Waals surface area contributed by atoms with Crippen molar-refractivity contribution in [3.63, 3.8) is 0 Å². The molecule has 0 aliphatic carbocycles. The van der Waals surface area contributed by atoms with Crippen LogP contribution in [0.4, 0.5) is 0 Å². The van der Waals surface area contributed by atoms with E-state index in [0.29, 0.717) is 0 Å². The van der Waals surface area contributed by atoms with E-state index in [4.69, 9.17) is 0 Å². The lowest BCUT2D eigenvalue weighted by molar-refractivity contribution is -0.240. The third-order valence-corrected chi connectivity index (χ3v) is 2.59. The lowest BCUT2D eigenvalue weighted by Crippen LogP contribution is -2.50. The highest BCUT2D eigenvalue weighted by Crippen LogP contribution is 2.33. The van der Waals surface area contributed by atoms with Gasteiger partial charge in [0.2, 0.25) is 0 Å². The normalized spacial score (nSPS) is 25.3. The van der Waals surface area contributed by atoms with Crippen LogP contribution in [-0.2, 0) is 5.21 Å². The zero-order valence-corrected chi connectivity index (χ0v) is 10.2. The Morgan fingerprint density at radius 3 is 2.27 bits per heavy atom. The molecule has 1 aliphatic rings. The number of nitrogens with one attached hydrogen (secondary N) is 1. The van der Waals surface area contributed by atoms with E-state index in [1.807, 2.05) is 20.8 Å². The van der Waals surface area contributed by atoms with Gasteiger partial charge in [0.1, 0.15) is 5.66 Å². The van der Waals surface area contributed by atoms with Crippen molar-refractivity contribution in [2.45, 2.75) is 45.8 Å². The molecule has 0 saturated carbocycles. The maximum Gasteiger partial charge on any atom is 0.134 e. The van der Waals surface area contributed by atoms with Gasteiger partial charge in [-0.2, -0.15) is 5.10 Å². The van der Waals surface area contributed by atoms with E-state index in [-0.39, 0.29) is 0 Å². The van der Waals surface area contributed by atoms with E-state index < -0.39 is 11.2 Å². The summed E-state index contributed by atoms with van der Waals surface area (Å²) in [7, 11) is 1.73. The van der Waals surface area contributed by atoms with Gasteiger partial charge in [0, 0.05) is 7.05 Å². The second-order valence-corrected chi connectivity index (χ2v) is 4.73. The monoisotopic (exact) mass is 211 g/mol. The van der Waals surface area contributed by atoms with Crippen LogP contribution in [0, 0.1) is 0 Å². The Kier molecular flexibility index (Phi) is 2.89. The number of rotatable bonds is 2. The summed E-state index contributed by atoms with van der Waals surface area (Å²) in [6.07, 6.45) is 0. The summed E-state index contributed by atoms with van der Waals surface area (Å²) in [4.78, 5) is 4.43. The fraction of sp³-hybridized carbons (Fsp3) is 0.800. The highest BCUT2D eigenvalue weighted by molar-refractivity contribution is 6.45. The van der Waals surface area contributed by atoms with Crippen LogP contribution in [-0.4, -0.2) is 34.7 Å². The molecular formula is C10H19N4O. The second kappa shape index (κ2) is 3.57. The molecule has 1 aliphatic heterocycles. The van der Waals surface area contributed by atoms with Crippen molar-refractivity contribution in [1.82, 2.24) is 10.5 Å². The fourth-order valence-corrected chi connectivity index (χ4v) is 1.98. The molecule has 0 aromatic rings. The van der Waals surface area contributed by atoms with Crippen LogP contribution in [0.25, 0.3) is 0 Å². The van der Waals surface area contributed by atoms with Crippen molar-refractivity contribution >= 4 is 11.4 Å². The van der Waals surface area contributed by atoms with Crippen LogP contribution in [0.3, 0.4) is 0 Å². The molecule has 1 radical (unpaired) electrons. The Hall–Kier alpha value is -0.940. The molecule has 0 unspecified atom stereocenters. The Morgan fingerprint density at radius 2 is 1.93 bits per heavy atom. The minimum Gasteiger partial charge on any atom is -0.313 e. The summed E-state index contributed by atoms with van der Waals surface area (Å²) in [6, 6.07) is 0. The van der Waals surface area contributed by atoms with Crippen LogP contribution in [0.2, 0.25) is 0 Å². The smallest absolute Gasteiger partial charge is 0.134 e. The average Bonchev–Trinajstić information content (AvgIpc) is 2.27. The topological polar surface area (TPSA) is 59.9 Å². The molecule has 0 aromatic heterocycles. The molecule has 0 atom stereocenters. The molecule has 5 nitrogen and oxygen atoms in total. The van der Waals surface area contributed by atoms with Crippen LogP contribution in [0.1, 0.15) is 34.6 Å².